The number of guanidine groups is 1. The molecule has 1 unspecified atom stereocenters. The fourth-order valence-corrected chi connectivity index (χ4v) is 3.06. The normalized spacial score (nSPS) is 18.1. The van der Waals surface area contributed by atoms with E-state index in [0.717, 1.165) is 49.3 Å². The first-order chi connectivity index (χ1) is 10.2. The number of aromatic nitrogens is 1. The third kappa shape index (κ3) is 6.37. The van der Waals surface area contributed by atoms with Gasteiger partial charge >= 0.3 is 0 Å². The van der Waals surface area contributed by atoms with Gasteiger partial charge in [-0.15, -0.1) is 35.3 Å². The molecule has 1 fully saturated rings. The Labute approximate surface area is 154 Å². The number of rotatable bonds is 6. The van der Waals surface area contributed by atoms with Gasteiger partial charge in [-0.3, -0.25) is 4.99 Å². The van der Waals surface area contributed by atoms with Crippen LogP contribution in [-0.2, 0) is 11.3 Å². The van der Waals surface area contributed by atoms with Crippen LogP contribution in [0.2, 0.25) is 0 Å². The predicted octanol–water partition coefficient (Wildman–Crippen LogP) is 3.04. The second-order valence-electron chi connectivity index (χ2n) is 5.37. The standard InChI is InChI=1S/C15H26N4OS.HI/c1-4-16-15(17-8-7-14-6-5-9-20-14)19(3)10-13-11-21-12(2)18-13;/h11,14H,4-10H2,1-3H3,(H,16,17);1H. The van der Waals surface area contributed by atoms with Crippen molar-refractivity contribution in [2.75, 3.05) is 26.7 Å². The molecule has 0 saturated carbocycles. The van der Waals surface area contributed by atoms with Gasteiger partial charge in [-0.1, -0.05) is 0 Å². The minimum atomic E-state index is 0. The maximum absolute atomic E-state index is 5.64. The Balaban J connectivity index is 0.00000242. The fraction of sp³-hybridized carbons (Fsp3) is 0.733. The zero-order valence-electron chi connectivity index (χ0n) is 13.7. The van der Waals surface area contributed by atoms with Crippen LogP contribution in [0.3, 0.4) is 0 Å². The molecule has 1 atom stereocenters. The number of hydrogen-bond donors (Lipinski definition) is 1. The highest BCUT2D eigenvalue weighted by Gasteiger charge is 2.15. The molecule has 0 bridgehead atoms. The van der Waals surface area contributed by atoms with Crippen LogP contribution in [0.15, 0.2) is 10.4 Å². The molecule has 1 aliphatic rings. The van der Waals surface area contributed by atoms with Gasteiger partial charge in [0.1, 0.15) is 0 Å². The molecule has 22 heavy (non-hydrogen) atoms. The molecule has 0 aromatic carbocycles. The van der Waals surface area contributed by atoms with Crippen molar-refractivity contribution in [2.24, 2.45) is 4.99 Å². The highest BCUT2D eigenvalue weighted by Crippen LogP contribution is 2.15. The summed E-state index contributed by atoms with van der Waals surface area (Å²) in [7, 11) is 2.06. The molecular weight excluding hydrogens is 411 g/mol. The van der Waals surface area contributed by atoms with E-state index in [0.29, 0.717) is 6.10 Å². The zero-order valence-corrected chi connectivity index (χ0v) is 16.8. The number of ether oxygens (including phenoxy) is 1. The Morgan fingerprint density at radius 2 is 2.41 bits per heavy atom. The quantitative estimate of drug-likeness (QED) is 0.422. The maximum Gasteiger partial charge on any atom is 0.194 e. The van der Waals surface area contributed by atoms with Crippen LogP contribution >= 0.6 is 35.3 Å². The largest absolute Gasteiger partial charge is 0.378 e. The minimum absolute atomic E-state index is 0. The highest BCUT2D eigenvalue weighted by atomic mass is 127. The summed E-state index contributed by atoms with van der Waals surface area (Å²) < 4.78 is 5.64. The summed E-state index contributed by atoms with van der Waals surface area (Å²) in [4.78, 5) is 11.3. The van der Waals surface area contributed by atoms with Crippen molar-refractivity contribution < 1.29 is 4.74 Å². The predicted molar refractivity (Wildman–Crippen MR) is 103 cm³/mol. The van der Waals surface area contributed by atoms with Crippen molar-refractivity contribution in [2.45, 2.75) is 45.8 Å². The van der Waals surface area contributed by atoms with Gasteiger partial charge in [0.2, 0.25) is 0 Å². The van der Waals surface area contributed by atoms with Crippen LogP contribution in [-0.4, -0.2) is 48.7 Å². The first-order valence-electron chi connectivity index (χ1n) is 7.71. The SMILES string of the molecule is CCNC(=NCCC1CCCO1)N(C)Cc1csc(C)n1.I. The molecule has 1 saturated heterocycles. The molecule has 2 rings (SSSR count). The van der Waals surface area contributed by atoms with E-state index >= 15 is 0 Å². The molecule has 1 aromatic rings. The number of nitrogens with one attached hydrogen (secondary N) is 1. The van der Waals surface area contributed by atoms with Crippen molar-refractivity contribution >= 4 is 41.3 Å². The molecule has 0 radical (unpaired) electrons. The summed E-state index contributed by atoms with van der Waals surface area (Å²) in [5, 5.41) is 6.57. The highest BCUT2D eigenvalue weighted by molar-refractivity contribution is 14.0. The number of hydrogen-bond acceptors (Lipinski definition) is 4. The average molecular weight is 438 g/mol. The number of aryl methyl sites for hydroxylation is 1. The summed E-state index contributed by atoms with van der Waals surface area (Å²) in [5.74, 6) is 0.946. The van der Waals surface area contributed by atoms with Gasteiger partial charge in [0.25, 0.3) is 0 Å². The van der Waals surface area contributed by atoms with Gasteiger partial charge in [0, 0.05) is 32.1 Å². The molecular formula is C15H27IN4OS. The molecule has 1 aromatic heterocycles. The van der Waals surface area contributed by atoms with E-state index < -0.39 is 0 Å². The summed E-state index contributed by atoms with van der Waals surface area (Å²) >= 11 is 1.69. The average Bonchev–Trinajstić information content (AvgIpc) is 3.10. The molecule has 0 aliphatic carbocycles. The van der Waals surface area contributed by atoms with E-state index in [4.69, 9.17) is 9.73 Å². The van der Waals surface area contributed by atoms with Crippen molar-refractivity contribution in [3.05, 3.63) is 16.1 Å². The van der Waals surface area contributed by atoms with E-state index in [-0.39, 0.29) is 24.0 Å². The first kappa shape index (κ1) is 19.6. The molecule has 7 heteroatoms. The molecule has 1 N–H and O–H groups in total. The Hall–Kier alpha value is -0.410. The van der Waals surface area contributed by atoms with Crippen LogP contribution in [0, 0.1) is 6.92 Å². The summed E-state index contributed by atoms with van der Waals surface area (Å²) in [6.45, 7) is 7.52. The monoisotopic (exact) mass is 438 g/mol. The van der Waals surface area contributed by atoms with Gasteiger partial charge < -0.3 is 15.0 Å². The second-order valence-corrected chi connectivity index (χ2v) is 6.44. The van der Waals surface area contributed by atoms with Crippen LogP contribution in [0.1, 0.15) is 36.9 Å². The van der Waals surface area contributed by atoms with E-state index in [2.05, 4.69) is 34.6 Å². The number of halogens is 1. The van der Waals surface area contributed by atoms with Crippen LogP contribution < -0.4 is 5.32 Å². The third-order valence-electron chi connectivity index (χ3n) is 3.50. The van der Waals surface area contributed by atoms with E-state index in [1.54, 1.807) is 11.3 Å². The maximum atomic E-state index is 5.64. The van der Waals surface area contributed by atoms with Crippen molar-refractivity contribution in [1.29, 1.82) is 0 Å². The van der Waals surface area contributed by atoms with Crippen LogP contribution in [0.5, 0.6) is 0 Å². The summed E-state index contributed by atoms with van der Waals surface area (Å²) in [5.41, 5.74) is 1.10. The van der Waals surface area contributed by atoms with Gasteiger partial charge in [-0.25, -0.2) is 4.98 Å². The number of aliphatic imine (C=N–C) groups is 1. The zero-order chi connectivity index (χ0) is 15.1. The van der Waals surface area contributed by atoms with Gasteiger partial charge in [0.15, 0.2) is 5.96 Å². The lowest BCUT2D eigenvalue weighted by Gasteiger charge is -2.21. The van der Waals surface area contributed by atoms with Crippen molar-refractivity contribution in [3.8, 4) is 0 Å². The fourth-order valence-electron chi connectivity index (χ4n) is 2.45. The van der Waals surface area contributed by atoms with Crippen LogP contribution in [0.4, 0.5) is 0 Å². The molecule has 1 aliphatic heterocycles. The lowest BCUT2D eigenvalue weighted by molar-refractivity contribution is 0.106. The first-order valence-corrected chi connectivity index (χ1v) is 8.59. The lowest BCUT2D eigenvalue weighted by atomic mass is 10.2. The molecule has 2 heterocycles. The Morgan fingerprint density at radius 3 is 3.00 bits per heavy atom. The van der Waals surface area contributed by atoms with E-state index in [1.165, 1.54) is 12.8 Å². The summed E-state index contributed by atoms with van der Waals surface area (Å²) in [6, 6.07) is 0. The van der Waals surface area contributed by atoms with Crippen LogP contribution in [0.25, 0.3) is 0 Å². The van der Waals surface area contributed by atoms with E-state index in [9.17, 15) is 0 Å². The lowest BCUT2D eigenvalue weighted by Crippen LogP contribution is -2.38. The summed E-state index contributed by atoms with van der Waals surface area (Å²) in [6.07, 6.45) is 3.79. The van der Waals surface area contributed by atoms with Crippen molar-refractivity contribution in [1.82, 2.24) is 15.2 Å². The number of thiazole rings is 1. The van der Waals surface area contributed by atoms with E-state index in [1.807, 2.05) is 6.92 Å². The topological polar surface area (TPSA) is 49.8 Å². The number of nitrogens with zero attached hydrogens (tertiary/aromatic N) is 3. The third-order valence-corrected chi connectivity index (χ3v) is 4.32. The van der Waals surface area contributed by atoms with Gasteiger partial charge in [0.05, 0.1) is 23.4 Å². The van der Waals surface area contributed by atoms with Crippen molar-refractivity contribution in [3.63, 3.8) is 0 Å². The molecule has 126 valence electrons. The molecule has 5 nitrogen and oxygen atoms in total. The Morgan fingerprint density at radius 1 is 1.59 bits per heavy atom. The molecule has 0 amide bonds. The minimum Gasteiger partial charge on any atom is -0.378 e. The smallest absolute Gasteiger partial charge is 0.194 e. The van der Waals surface area contributed by atoms with Gasteiger partial charge in [-0.05, 0) is 33.1 Å². The Bertz CT molecular complexity index is 460. The second kappa shape index (κ2) is 10.4. The van der Waals surface area contributed by atoms with Gasteiger partial charge in [-0.2, -0.15) is 0 Å². The Kier molecular flexibility index (Phi) is 9.27. The molecule has 0 spiro atoms.